The van der Waals surface area contributed by atoms with E-state index in [1.807, 2.05) is 6.92 Å². The lowest BCUT2D eigenvalue weighted by Gasteiger charge is -2.25. The number of halogens is 2. The molecule has 2 rings (SSSR count). The monoisotopic (exact) mass is 321 g/mol. The fourth-order valence-corrected chi connectivity index (χ4v) is 4.22. The fourth-order valence-electron chi connectivity index (χ4n) is 2.53. The molecule has 1 aromatic rings. The first-order valence-corrected chi connectivity index (χ1v) is 8.26. The highest BCUT2D eigenvalue weighted by atomic mass is 35.5. The van der Waals surface area contributed by atoms with Crippen LogP contribution in [0.4, 0.5) is 4.39 Å². The lowest BCUT2D eigenvalue weighted by atomic mass is 10.0. The standard InChI is InChI=1S/C13H17ClFNO3S/c1-13(4-2-3-5-13)16-20(18,19)10-6-9(8-17)12(14)11(15)7-10/h6-7,16-17H,2-5,8H2,1H3. The molecule has 0 spiro atoms. The van der Waals surface area contributed by atoms with Crippen LogP contribution in [0.3, 0.4) is 0 Å². The molecule has 1 fully saturated rings. The van der Waals surface area contributed by atoms with Gasteiger partial charge in [-0.2, -0.15) is 0 Å². The highest BCUT2D eigenvalue weighted by molar-refractivity contribution is 7.89. The maximum Gasteiger partial charge on any atom is 0.241 e. The Morgan fingerprint density at radius 2 is 2.00 bits per heavy atom. The smallest absolute Gasteiger partial charge is 0.241 e. The predicted molar refractivity (Wildman–Crippen MR) is 74.5 cm³/mol. The molecule has 4 nitrogen and oxygen atoms in total. The molecule has 2 N–H and O–H groups in total. The van der Waals surface area contributed by atoms with Crippen LogP contribution in [-0.2, 0) is 16.6 Å². The van der Waals surface area contributed by atoms with Crippen LogP contribution < -0.4 is 4.72 Å². The maximum atomic E-state index is 13.6. The second-order valence-corrected chi connectivity index (χ2v) is 7.47. The summed E-state index contributed by atoms with van der Waals surface area (Å²) in [5.74, 6) is -0.852. The van der Waals surface area contributed by atoms with Crippen molar-refractivity contribution in [2.45, 2.75) is 49.6 Å². The molecule has 0 radical (unpaired) electrons. The van der Waals surface area contributed by atoms with Crippen LogP contribution in [0.15, 0.2) is 17.0 Å². The summed E-state index contributed by atoms with van der Waals surface area (Å²) >= 11 is 5.66. The van der Waals surface area contributed by atoms with E-state index in [4.69, 9.17) is 16.7 Å². The van der Waals surface area contributed by atoms with Crippen LogP contribution in [0.5, 0.6) is 0 Å². The quantitative estimate of drug-likeness (QED) is 0.895. The molecule has 1 saturated carbocycles. The van der Waals surface area contributed by atoms with Gasteiger partial charge in [0.1, 0.15) is 5.82 Å². The lowest BCUT2D eigenvalue weighted by molar-refractivity contribution is 0.281. The van der Waals surface area contributed by atoms with Gasteiger partial charge in [0.05, 0.1) is 16.5 Å². The number of aliphatic hydroxyl groups is 1. The summed E-state index contributed by atoms with van der Waals surface area (Å²) < 4.78 is 40.9. The average molecular weight is 322 g/mol. The molecule has 7 heteroatoms. The van der Waals surface area contributed by atoms with E-state index in [1.165, 1.54) is 6.07 Å². The van der Waals surface area contributed by atoms with Gasteiger partial charge < -0.3 is 5.11 Å². The molecule has 0 saturated heterocycles. The first-order valence-electron chi connectivity index (χ1n) is 6.40. The minimum Gasteiger partial charge on any atom is -0.392 e. The number of hydrogen-bond donors (Lipinski definition) is 2. The van der Waals surface area contributed by atoms with Crippen molar-refractivity contribution in [2.75, 3.05) is 0 Å². The SMILES string of the molecule is CC1(NS(=O)(=O)c2cc(F)c(Cl)c(CO)c2)CCCC1. The fraction of sp³-hybridized carbons (Fsp3) is 0.538. The molecular weight excluding hydrogens is 305 g/mol. The van der Waals surface area contributed by atoms with Crippen LogP contribution in [0.25, 0.3) is 0 Å². The molecule has 0 atom stereocenters. The summed E-state index contributed by atoms with van der Waals surface area (Å²) in [7, 11) is -3.83. The molecule has 1 aliphatic rings. The number of aliphatic hydroxyl groups excluding tert-OH is 1. The highest BCUT2D eigenvalue weighted by Crippen LogP contribution is 2.31. The van der Waals surface area contributed by atoms with Gasteiger partial charge in [0.25, 0.3) is 0 Å². The van der Waals surface area contributed by atoms with Gasteiger partial charge in [-0.05, 0) is 31.9 Å². The van der Waals surface area contributed by atoms with E-state index in [0.717, 1.165) is 31.7 Å². The van der Waals surface area contributed by atoms with Crippen LogP contribution in [0, 0.1) is 5.82 Å². The van der Waals surface area contributed by atoms with E-state index in [9.17, 15) is 12.8 Å². The summed E-state index contributed by atoms with van der Waals surface area (Å²) in [6.45, 7) is 1.33. The molecule has 1 aromatic carbocycles. The Hall–Kier alpha value is -0.690. The van der Waals surface area contributed by atoms with Crippen molar-refractivity contribution in [1.82, 2.24) is 4.72 Å². The second-order valence-electron chi connectivity index (χ2n) is 5.41. The van der Waals surface area contributed by atoms with Gasteiger partial charge in [0.2, 0.25) is 10.0 Å². The molecule has 0 amide bonds. The van der Waals surface area contributed by atoms with Crippen molar-refractivity contribution >= 4 is 21.6 Å². The van der Waals surface area contributed by atoms with Crippen molar-refractivity contribution < 1.29 is 17.9 Å². The van der Waals surface area contributed by atoms with E-state index in [-0.39, 0.29) is 15.5 Å². The number of benzene rings is 1. The molecule has 0 aromatic heterocycles. The molecule has 112 valence electrons. The van der Waals surface area contributed by atoms with E-state index >= 15 is 0 Å². The largest absolute Gasteiger partial charge is 0.392 e. The Labute approximate surface area is 123 Å². The molecule has 0 bridgehead atoms. The minimum absolute atomic E-state index is 0.0589. The Balaban J connectivity index is 2.37. The van der Waals surface area contributed by atoms with Crippen molar-refractivity contribution in [3.63, 3.8) is 0 Å². The topological polar surface area (TPSA) is 66.4 Å². The normalized spacial score (nSPS) is 18.4. The Morgan fingerprint density at radius 1 is 1.40 bits per heavy atom. The molecule has 0 unspecified atom stereocenters. The van der Waals surface area contributed by atoms with Crippen LogP contribution in [0.2, 0.25) is 5.02 Å². The number of nitrogens with one attached hydrogen (secondary N) is 1. The van der Waals surface area contributed by atoms with Crippen molar-refractivity contribution in [3.05, 3.63) is 28.5 Å². The van der Waals surface area contributed by atoms with Gasteiger partial charge in [0.15, 0.2) is 0 Å². The Kier molecular flexibility index (Phi) is 4.39. The zero-order valence-corrected chi connectivity index (χ0v) is 12.7. The molecule has 0 aliphatic heterocycles. The number of rotatable bonds is 4. The molecular formula is C13H17ClFNO3S. The zero-order valence-electron chi connectivity index (χ0n) is 11.1. The predicted octanol–water partition coefficient (Wildman–Crippen LogP) is 2.58. The third kappa shape index (κ3) is 3.14. The van der Waals surface area contributed by atoms with Crippen LogP contribution in [0.1, 0.15) is 38.2 Å². The van der Waals surface area contributed by atoms with Gasteiger partial charge in [-0.15, -0.1) is 0 Å². The molecule has 20 heavy (non-hydrogen) atoms. The minimum atomic E-state index is -3.83. The zero-order chi connectivity index (χ0) is 15.0. The highest BCUT2D eigenvalue weighted by Gasteiger charge is 2.34. The summed E-state index contributed by atoms with van der Waals surface area (Å²) in [4.78, 5) is -0.212. The number of hydrogen-bond acceptors (Lipinski definition) is 3. The van der Waals surface area contributed by atoms with Gasteiger partial charge in [-0.25, -0.2) is 17.5 Å². The van der Waals surface area contributed by atoms with Crippen molar-refractivity contribution in [2.24, 2.45) is 0 Å². The van der Waals surface area contributed by atoms with Crippen LogP contribution >= 0.6 is 11.6 Å². The van der Waals surface area contributed by atoms with Gasteiger partial charge in [-0.3, -0.25) is 0 Å². The third-order valence-electron chi connectivity index (χ3n) is 3.65. The van der Waals surface area contributed by atoms with Gasteiger partial charge in [0, 0.05) is 11.1 Å². The van der Waals surface area contributed by atoms with E-state index in [2.05, 4.69) is 4.72 Å². The second kappa shape index (κ2) is 5.60. The van der Waals surface area contributed by atoms with E-state index in [1.54, 1.807) is 0 Å². The number of sulfonamides is 1. The first-order chi connectivity index (χ1) is 9.27. The summed E-state index contributed by atoms with van der Waals surface area (Å²) in [6, 6.07) is 2.08. The maximum absolute atomic E-state index is 13.6. The third-order valence-corrected chi connectivity index (χ3v) is 5.69. The van der Waals surface area contributed by atoms with Crippen molar-refractivity contribution in [1.29, 1.82) is 0 Å². The van der Waals surface area contributed by atoms with Gasteiger partial charge >= 0.3 is 0 Å². The van der Waals surface area contributed by atoms with E-state index < -0.39 is 28.0 Å². The van der Waals surface area contributed by atoms with Gasteiger partial charge in [-0.1, -0.05) is 24.4 Å². The molecule has 0 heterocycles. The van der Waals surface area contributed by atoms with E-state index in [0.29, 0.717) is 0 Å². The summed E-state index contributed by atoms with van der Waals surface area (Å²) in [5.41, 5.74) is -0.433. The van der Waals surface area contributed by atoms with Crippen molar-refractivity contribution in [3.8, 4) is 0 Å². The Morgan fingerprint density at radius 3 is 2.55 bits per heavy atom. The first kappa shape index (κ1) is 15.7. The summed E-state index contributed by atoms with van der Waals surface area (Å²) in [5, 5.41) is 8.85. The summed E-state index contributed by atoms with van der Waals surface area (Å²) in [6.07, 6.45) is 3.45. The molecule has 1 aliphatic carbocycles. The van der Waals surface area contributed by atoms with Crippen LogP contribution in [-0.4, -0.2) is 19.1 Å². The lowest BCUT2D eigenvalue weighted by Crippen LogP contribution is -2.43. The Bertz CT molecular complexity index is 612. The average Bonchev–Trinajstić information content (AvgIpc) is 2.77.